The number of thiophene rings is 1. The predicted molar refractivity (Wildman–Crippen MR) is 103 cm³/mol. The largest absolute Gasteiger partial charge is 0.377 e. The van der Waals surface area contributed by atoms with E-state index in [4.69, 9.17) is 0 Å². The van der Waals surface area contributed by atoms with Gasteiger partial charge >= 0.3 is 0 Å². The van der Waals surface area contributed by atoms with E-state index in [0.29, 0.717) is 16.1 Å². The number of benzene rings is 1. The average molecular weight is 350 g/mol. The second kappa shape index (κ2) is 5.78. The Morgan fingerprint density at radius 3 is 2.56 bits per heavy atom. The molecule has 3 heterocycles. The summed E-state index contributed by atoms with van der Waals surface area (Å²) >= 11 is 1.40. The lowest BCUT2D eigenvalue weighted by atomic mass is 10.2. The average Bonchev–Trinajstić information content (AvgIpc) is 3.02. The van der Waals surface area contributed by atoms with Crippen LogP contribution in [0.25, 0.3) is 26.0 Å². The van der Waals surface area contributed by atoms with Gasteiger partial charge in [-0.3, -0.25) is 9.36 Å². The number of aromatic nitrogens is 2. The first kappa shape index (κ1) is 15.5. The predicted octanol–water partition coefficient (Wildman–Crippen LogP) is 4.06. The van der Waals surface area contributed by atoms with E-state index < -0.39 is 0 Å². The van der Waals surface area contributed by atoms with Crippen LogP contribution in [0, 0.1) is 4.91 Å². The number of rotatable bonds is 3. The Labute approximate surface area is 146 Å². The Morgan fingerprint density at radius 1 is 1.12 bits per heavy atom. The molecule has 0 saturated heterocycles. The smallest absolute Gasteiger partial charge is 0.273 e. The lowest BCUT2D eigenvalue weighted by Gasteiger charge is -2.13. The summed E-state index contributed by atoms with van der Waals surface area (Å²) in [4.78, 5) is 30.8. The SMILES string of the molecule is CN(C)c1ccnc2sc3c(=O)n(-c4ccc(N=O)cc4)ccc3c12. The molecule has 0 spiro atoms. The maximum atomic E-state index is 13.0. The van der Waals surface area contributed by atoms with E-state index in [9.17, 15) is 9.70 Å². The first-order valence-corrected chi connectivity index (χ1v) is 8.46. The second-order valence-electron chi connectivity index (χ2n) is 5.85. The highest BCUT2D eigenvalue weighted by Gasteiger charge is 2.15. The van der Waals surface area contributed by atoms with Crippen LogP contribution in [0.5, 0.6) is 0 Å². The first-order chi connectivity index (χ1) is 12.1. The Hall–Kier alpha value is -3.06. The Bertz CT molecular complexity index is 1160. The van der Waals surface area contributed by atoms with Gasteiger partial charge in [0.15, 0.2) is 0 Å². The Kier molecular flexibility index (Phi) is 3.58. The van der Waals surface area contributed by atoms with Gasteiger partial charge in [0.1, 0.15) is 15.2 Å². The van der Waals surface area contributed by atoms with Crippen LogP contribution in [0.2, 0.25) is 0 Å². The van der Waals surface area contributed by atoms with Gasteiger partial charge in [0.25, 0.3) is 5.56 Å². The van der Waals surface area contributed by atoms with Gasteiger partial charge in [-0.05, 0) is 41.6 Å². The molecule has 0 radical (unpaired) electrons. The highest BCUT2D eigenvalue weighted by molar-refractivity contribution is 7.25. The number of hydrogen-bond donors (Lipinski definition) is 0. The van der Waals surface area contributed by atoms with Gasteiger partial charge in [-0.1, -0.05) is 0 Å². The zero-order valence-electron chi connectivity index (χ0n) is 13.6. The first-order valence-electron chi connectivity index (χ1n) is 7.64. The number of anilines is 1. The van der Waals surface area contributed by atoms with Crippen LogP contribution >= 0.6 is 11.3 Å². The molecule has 1 aromatic carbocycles. The van der Waals surface area contributed by atoms with Gasteiger partial charge in [0, 0.05) is 48.6 Å². The molecule has 3 aromatic heterocycles. The minimum Gasteiger partial charge on any atom is -0.377 e. The van der Waals surface area contributed by atoms with Crippen molar-refractivity contribution < 1.29 is 0 Å². The highest BCUT2D eigenvalue weighted by atomic mass is 32.1. The third-order valence-electron chi connectivity index (χ3n) is 4.13. The zero-order valence-corrected chi connectivity index (χ0v) is 14.4. The van der Waals surface area contributed by atoms with Gasteiger partial charge < -0.3 is 4.90 Å². The maximum absolute atomic E-state index is 13.0. The van der Waals surface area contributed by atoms with E-state index in [1.807, 2.05) is 31.1 Å². The quantitative estimate of drug-likeness (QED) is 0.523. The molecular weight excluding hydrogens is 336 g/mol. The highest BCUT2D eigenvalue weighted by Crippen LogP contribution is 2.36. The topological polar surface area (TPSA) is 67.6 Å². The molecule has 0 fully saturated rings. The fraction of sp³-hybridized carbons (Fsp3) is 0.111. The van der Waals surface area contributed by atoms with Crippen molar-refractivity contribution in [2.24, 2.45) is 5.18 Å². The third kappa shape index (κ3) is 2.40. The van der Waals surface area contributed by atoms with Gasteiger partial charge in [-0.25, -0.2) is 4.98 Å². The van der Waals surface area contributed by atoms with Crippen molar-refractivity contribution in [3.63, 3.8) is 0 Å². The van der Waals surface area contributed by atoms with Crippen molar-refractivity contribution in [1.82, 2.24) is 9.55 Å². The summed E-state index contributed by atoms with van der Waals surface area (Å²) < 4.78 is 2.23. The lowest BCUT2D eigenvalue weighted by molar-refractivity contribution is 1.01. The van der Waals surface area contributed by atoms with Gasteiger partial charge in [-0.15, -0.1) is 16.2 Å². The molecule has 0 amide bonds. The molecule has 0 aliphatic rings. The number of nitroso groups, excluding NO2 is 1. The molecule has 0 atom stereocenters. The minimum absolute atomic E-state index is 0.1000. The monoisotopic (exact) mass is 350 g/mol. The van der Waals surface area contributed by atoms with Crippen LogP contribution in [-0.2, 0) is 0 Å². The standard InChI is InChI=1S/C18H14N4O2S/c1-21(2)14-7-9-19-17-15(14)13-8-10-22(18(23)16(13)25-17)12-5-3-11(20-24)4-6-12/h3-10H,1-2H3. The third-order valence-corrected chi connectivity index (χ3v) is 5.23. The Balaban J connectivity index is 2.00. The van der Waals surface area contributed by atoms with Crippen molar-refractivity contribution in [1.29, 1.82) is 0 Å². The molecule has 7 heteroatoms. The van der Waals surface area contributed by atoms with Crippen LogP contribution in [-0.4, -0.2) is 23.6 Å². The van der Waals surface area contributed by atoms with E-state index in [1.54, 1.807) is 41.2 Å². The second-order valence-corrected chi connectivity index (χ2v) is 6.85. The molecule has 124 valence electrons. The minimum atomic E-state index is -0.1000. The molecule has 6 nitrogen and oxygen atoms in total. The molecule has 0 aliphatic carbocycles. The van der Waals surface area contributed by atoms with Crippen molar-refractivity contribution in [3.8, 4) is 5.69 Å². The number of pyridine rings is 2. The van der Waals surface area contributed by atoms with Gasteiger partial charge in [-0.2, -0.15) is 0 Å². The molecule has 0 N–H and O–H groups in total. The van der Waals surface area contributed by atoms with E-state index in [1.165, 1.54) is 11.3 Å². The fourth-order valence-electron chi connectivity index (χ4n) is 2.92. The van der Waals surface area contributed by atoms with Crippen molar-refractivity contribution in [3.05, 3.63) is 64.1 Å². The summed E-state index contributed by atoms with van der Waals surface area (Å²) in [6.07, 6.45) is 3.52. The van der Waals surface area contributed by atoms with E-state index in [-0.39, 0.29) is 5.56 Å². The molecule has 0 unspecified atom stereocenters. The lowest BCUT2D eigenvalue weighted by Crippen LogP contribution is -2.16. The maximum Gasteiger partial charge on any atom is 0.273 e. The molecule has 0 aliphatic heterocycles. The number of nitrogens with zero attached hydrogens (tertiary/aromatic N) is 4. The number of hydrogen-bond acceptors (Lipinski definition) is 6. The van der Waals surface area contributed by atoms with Crippen LogP contribution in [0.1, 0.15) is 0 Å². The van der Waals surface area contributed by atoms with E-state index >= 15 is 0 Å². The van der Waals surface area contributed by atoms with Gasteiger partial charge in [0.05, 0.1) is 0 Å². The summed E-state index contributed by atoms with van der Waals surface area (Å²) in [7, 11) is 3.95. The summed E-state index contributed by atoms with van der Waals surface area (Å²) in [6.45, 7) is 0. The van der Waals surface area contributed by atoms with Crippen molar-refractivity contribution in [2.75, 3.05) is 19.0 Å². The number of fused-ring (bicyclic) bond motifs is 3. The fourth-order valence-corrected chi connectivity index (χ4v) is 4.01. The summed E-state index contributed by atoms with van der Waals surface area (Å²) in [5.74, 6) is 0. The molecule has 0 bridgehead atoms. The molecule has 4 rings (SSSR count). The zero-order chi connectivity index (χ0) is 17.6. The van der Waals surface area contributed by atoms with E-state index in [2.05, 4.69) is 10.2 Å². The van der Waals surface area contributed by atoms with E-state index in [0.717, 1.165) is 21.3 Å². The molecule has 0 saturated carbocycles. The summed E-state index contributed by atoms with van der Waals surface area (Å²) in [6, 6.07) is 10.5. The summed E-state index contributed by atoms with van der Waals surface area (Å²) in [5.41, 5.74) is 1.96. The van der Waals surface area contributed by atoms with Crippen molar-refractivity contribution >= 4 is 43.0 Å². The van der Waals surface area contributed by atoms with Crippen LogP contribution < -0.4 is 10.5 Å². The van der Waals surface area contributed by atoms with Crippen LogP contribution in [0.3, 0.4) is 0 Å². The van der Waals surface area contributed by atoms with Crippen LogP contribution in [0.4, 0.5) is 11.4 Å². The van der Waals surface area contributed by atoms with Crippen molar-refractivity contribution in [2.45, 2.75) is 0 Å². The molecular formula is C18H14N4O2S. The molecule has 25 heavy (non-hydrogen) atoms. The van der Waals surface area contributed by atoms with Gasteiger partial charge in [0.2, 0.25) is 0 Å². The normalized spacial score (nSPS) is 11.1. The molecule has 4 aromatic rings. The Morgan fingerprint density at radius 2 is 1.88 bits per heavy atom. The van der Waals surface area contributed by atoms with Crippen LogP contribution in [0.15, 0.2) is 58.8 Å². The summed E-state index contributed by atoms with van der Waals surface area (Å²) in [5, 5.41) is 4.79.